The fourth-order valence-corrected chi connectivity index (χ4v) is 3.49. The van der Waals surface area contributed by atoms with Gasteiger partial charge in [0.25, 0.3) is 5.91 Å². The molecule has 9 heteroatoms. The minimum Gasteiger partial charge on any atom is -0.456 e. The highest BCUT2D eigenvalue weighted by Gasteiger charge is 2.15. The van der Waals surface area contributed by atoms with E-state index in [0.29, 0.717) is 28.2 Å². The Morgan fingerprint density at radius 3 is 2.38 bits per heavy atom. The number of carbonyl (C=O) groups excluding carboxylic acids is 2. The third-order valence-electron chi connectivity index (χ3n) is 4.35. The molecule has 1 heterocycles. The van der Waals surface area contributed by atoms with E-state index in [9.17, 15) is 9.59 Å². The lowest BCUT2D eigenvalue weighted by atomic mass is 10.1. The Morgan fingerprint density at radius 2 is 1.79 bits per heavy atom. The first-order chi connectivity index (χ1) is 13.7. The van der Waals surface area contributed by atoms with Crippen LogP contribution in [0.2, 0.25) is 10.0 Å². The summed E-state index contributed by atoms with van der Waals surface area (Å²) in [6.45, 7) is 3.83. The number of halogens is 2. The van der Waals surface area contributed by atoms with Gasteiger partial charge in [0.1, 0.15) is 0 Å². The molecule has 0 aliphatic rings. The van der Waals surface area contributed by atoms with E-state index in [1.807, 2.05) is 20.1 Å². The highest BCUT2D eigenvalue weighted by atomic mass is 35.5. The van der Waals surface area contributed by atoms with Gasteiger partial charge in [-0.25, -0.2) is 9.97 Å². The molecule has 2 aromatic rings. The first-order valence-electron chi connectivity index (χ1n) is 8.93. The number of carbonyl (C=O) groups is 2. The first-order valence-corrected chi connectivity index (χ1v) is 10.9. The molecule has 0 spiro atoms. The smallest absolute Gasteiger partial charge is 0.306 e. The maximum absolute atomic E-state index is 12.2. The average molecular weight is 456 g/mol. The molecule has 1 amide bonds. The number of rotatable bonds is 8. The minimum atomic E-state index is -0.436. The van der Waals surface area contributed by atoms with Crippen molar-refractivity contribution in [1.29, 1.82) is 0 Å². The van der Waals surface area contributed by atoms with Crippen molar-refractivity contribution in [2.45, 2.75) is 38.4 Å². The van der Waals surface area contributed by atoms with E-state index in [4.69, 9.17) is 27.9 Å². The molecule has 0 N–H and O–H groups in total. The maximum atomic E-state index is 12.2. The van der Waals surface area contributed by atoms with Gasteiger partial charge in [-0.2, -0.15) is 0 Å². The lowest BCUT2D eigenvalue weighted by Crippen LogP contribution is -2.30. The van der Waals surface area contributed by atoms with Crippen LogP contribution in [0.1, 0.15) is 28.9 Å². The lowest BCUT2D eigenvalue weighted by Gasteiger charge is -2.17. The molecular formula is C20H23Cl2N3O3S. The van der Waals surface area contributed by atoms with Crippen LogP contribution < -0.4 is 0 Å². The van der Waals surface area contributed by atoms with Crippen LogP contribution in [0, 0.1) is 13.8 Å². The van der Waals surface area contributed by atoms with Crippen LogP contribution in [-0.2, 0) is 27.3 Å². The van der Waals surface area contributed by atoms with E-state index in [1.165, 1.54) is 16.7 Å². The van der Waals surface area contributed by atoms with Gasteiger partial charge in [0, 0.05) is 31.4 Å². The van der Waals surface area contributed by atoms with Crippen molar-refractivity contribution in [2.75, 3.05) is 19.9 Å². The summed E-state index contributed by atoms with van der Waals surface area (Å²) in [6, 6.07) is 5.17. The summed E-state index contributed by atoms with van der Waals surface area (Å²) in [7, 11) is 1.63. The van der Waals surface area contributed by atoms with E-state index in [-0.39, 0.29) is 18.9 Å². The zero-order valence-corrected chi connectivity index (χ0v) is 19.1. The van der Waals surface area contributed by atoms with Gasteiger partial charge in [-0.05, 0) is 49.8 Å². The Balaban J connectivity index is 1.82. The van der Waals surface area contributed by atoms with Gasteiger partial charge in [-0.3, -0.25) is 9.59 Å². The van der Waals surface area contributed by atoms with Gasteiger partial charge in [0.2, 0.25) is 0 Å². The normalized spacial score (nSPS) is 10.7. The zero-order chi connectivity index (χ0) is 21.6. The molecule has 0 fully saturated rings. The highest BCUT2D eigenvalue weighted by Crippen LogP contribution is 2.23. The van der Waals surface area contributed by atoms with E-state index < -0.39 is 5.97 Å². The van der Waals surface area contributed by atoms with E-state index in [0.717, 1.165) is 22.5 Å². The Kier molecular flexibility index (Phi) is 8.74. The number of esters is 1. The van der Waals surface area contributed by atoms with Crippen LogP contribution in [0.4, 0.5) is 0 Å². The Morgan fingerprint density at radius 1 is 1.14 bits per heavy atom. The molecule has 0 aliphatic heterocycles. The quantitative estimate of drug-likeness (QED) is 0.336. The van der Waals surface area contributed by atoms with Crippen molar-refractivity contribution in [3.63, 3.8) is 0 Å². The number of ether oxygens (including phenoxy) is 1. The molecule has 2 rings (SSSR count). The third kappa shape index (κ3) is 6.87. The summed E-state index contributed by atoms with van der Waals surface area (Å²) in [4.78, 5) is 34.6. The van der Waals surface area contributed by atoms with Crippen molar-refractivity contribution >= 4 is 46.8 Å². The molecule has 0 atom stereocenters. The number of hydrogen-bond donors (Lipinski definition) is 0. The molecule has 1 aromatic heterocycles. The van der Waals surface area contributed by atoms with Crippen molar-refractivity contribution in [1.82, 2.24) is 14.9 Å². The molecule has 1 aromatic carbocycles. The molecule has 0 unspecified atom stereocenters. The number of hydrogen-bond acceptors (Lipinski definition) is 6. The van der Waals surface area contributed by atoms with Crippen molar-refractivity contribution in [3.05, 3.63) is 50.8 Å². The van der Waals surface area contributed by atoms with Gasteiger partial charge < -0.3 is 9.64 Å². The van der Waals surface area contributed by atoms with Gasteiger partial charge >= 0.3 is 5.97 Å². The van der Waals surface area contributed by atoms with E-state index in [1.54, 1.807) is 25.2 Å². The van der Waals surface area contributed by atoms with Crippen molar-refractivity contribution < 1.29 is 14.3 Å². The van der Waals surface area contributed by atoms with Gasteiger partial charge in [-0.15, -0.1) is 0 Å². The van der Waals surface area contributed by atoms with Crippen molar-refractivity contribution in [3.8, 4) is 0 Å². The van der Waals surface area contributed by atoms with Crippen LogP contribution >= 0.6 is 35.0 Å². The van der Waals surface area contributed by atoms with Crippen LogP contribution in [0.15, 0.2) is 23.4 Å². The Labute approximate surface area is 185 Å². The SMILES string of the molecule is CSc1nc(C)c(CCC(=O)OCC(=O)N(C)Cc2ccc(Cl)c(Cl)c2)c(C)n1. The topological polar surface area (TPSA) is 72.4 Å². The van der Waals surface area contributed by atoms with E-state index in [2.05, 4.69) is 9.97 Å². The number of aryl methyl sites for hydroxylation is 2. The monoisotopic (exact) mass is 455 g/mol. The average Bonchev–Trinajstić information content (AvgIpc) is 2.67. The second-order valence-corrected chi connectivity index (χ2v) is 8.11. The summed E-state index contributed by atoms with van der Waals surface area (Å²) in [6.07, 6.45) is 2.55. The minimum absolute atomic E-state index is 0.160. The number of amides is 1. The molecule has 6 nitrogen and oxygen atoms in total. The molecule has 0 saturated heterocycles. The van der Waals surface area contributed by atoms with Crippen LogP contribution in [-0.4, -0.2) is 46.7 Å². The molecule has 0 aliphatic carbocycles. The fourth-order valence-electron chi connectivity index (χ4n) is 2.71. The fraction of sp³-hybridized carbons (Fsp3) is 0.400. The highest BCUT2D eigenvalue weighted by molar-refractivity contribution is 7.98. The molecule has 0 saturated carbocycles. The molecule has 29 heavy (non-hydrogen) atoms. The maximum Gasteiger partial charge on any atom is 0.306 e. The molecule has 0 bridgehead atoms. The lowest BCUT2D eigenvalue weighted by molar-refractivity contribution is -0.151. The molecule has 156 valence electrons. The summed E-state index contributed by atoms with van der Waals surface area (Å²) in [5, 5.41) is 1.59. The van der Waals surface area contributed by atoms with Crippen molar-refractivity contribution in [2.24, 2.45) is 0 Å². The first kappa shape index (κ1) is 23.4. The number of thioether (sulfide) groups is 1. The predicted molar refractivity (Wildman–Crippen MR) is 116 cm³/mol. The third-order valence-corrected chi connectivity index (χ3v) is 5.63. The number of likely N-dealkylation sites (N-methyl/N-ethyl adjacent to an activating group) is 1. The summed E-state index contributed by atoms with van der Waals surface area (Å²) >= 11 is 13.4. The second kappa shape index (κ2) is 10.8. The second-order valence-electron chi connectivity index (χ2n) is 6.52. The van der Waals surface area contributed by atoms with Gasteiger partial charge in [0.15, 0.2) is 11.8 Å². The number of benzene rings is 1. The summed E-state index contributed by atoms with van der Waals surface area (Å²) in [5.41, 5.74) is 3.48. The van der Waals surface area contributed by atoms with Gasteiger partial charge in [-0.1, -0.05) is 41.0 Å². The van der Waals surface area contributed by atoms with E-state index >= 15 is 0 Å². The summed E-state index contributed by atoms with van der Waals surface area (Å²) < 4.78 is 5.13. The van der Waals surface area contributed by atoms with Gasteiger partial charge in [0.05, 0.1) is 10.0 Å². The summed E-state index contributed by atoms with van der Waals surface area (Å²) in [5.74, 6) is -0.738. The molecule has 0 radical (unpaired) electrons. The number of nitrogens with zero attached hydrogens (tertiary/aromatic N) is 3. The standard InChI is InChI=1S/C20H23Cl2N3O3S/c1-12-15(13(2)24-20(23-12)29-4)6-8-19(27)28-11-18(26)25(3)10-14-5-7-16(21)17(22)9-14/h5,7,9H,6,8,10-11H2,1-4H3. The van der Waals surface area contributed by atoms with Crippen LogP contribution in [0.5, 0.6) is 0 Å². The van der Waals surface area contributed by atoms with Crippen LogP contribution in [0.25, 0.3) is 0 Å². The predicted octanol–water partition coefficient (Wildman–Crippen LogP) is 4.26. The number of aromatic nitrogens is 2. The van der Waals surface area contributed by atoms with Crippen LogP contribution in [0.3, 0.4) is 0 Å². The zero-order valence-electron chi connectivity index (χ0n) is 16.8. The Hall–Kier alpha value is -1.83. The molecular weight excluding hydrogens is 433 g/mol. The Bertz CT molecular complexity index is 886. The largest absolute Gasteiger partial charge is 0.456 e.